The number of hydrogen-bond acceptors (Lipinski definition) is 5. The van der Waals surface area contributed by atoms with Gasteiger partial charge in [0, 0.05) is 32.4 Å². The molecule has 1 aliphatic rings. The summed E-state index contributed by atoms with van der Waals surface area (Å²) in [4.78, 5) is 30.8. The average Bonchev–Trinajstić information content (AvgIpc) is 2.71. The maximum Gasteiger partial charge on any atom is 0.317 e. The summed E-state index contributed by atoms with van der Waals surface area (Å²) in [5, 5.41) is 8.83. The van der Waals surface area contributed by atoms with E-state index in [1.165, 1.54) is 13.3 Å². The molecule has 7 nitrogen and oxygen atoms in total. The van der Waals surface area contributed by atoms with Crippen molar-refractivity contribution in [2.75, 3.05) is 39.8 Å². The Balaban J connectivity index is 2.05. The zero-order chi connectivity index (χ0) is 15.2. The Kier molecular flexibility index (Phi) is 5.10. The van der Waals surface area contributed by atoms with Gasteiger partial charge in [-0.25, -0.2) is 0 Å². The number of carbonyl (C=O) groups excluding carboxylic acids is 1. The number of carboxylic acids is 1. The maximum atomic E-state index is 12.5. The van der Waals surface area contributed by atoms with Gasteiger partial charge >= 0.3 is 5.97 Å². The predicted molar refractivity (Wildman–Crippen MR) is 75.4 cm³/mol. The van der Waals surface area contributed by atoms with Gasteiger partial charge in [-0.05, 0) is 12.5 Å². The minimum absolute atomic E-state index is 0.0145. The van der Waals surface area contributed by atoms with Gasteiger partial charge in [0.1, 0.15) is 5.75 Å². The van der Waals surface area contributed by atoms with Crippen LogP contribution in [0.5, 0.6) is 5.75 Å². The molecule has 0 radical (unpaired) electrons. The van der Waals surface area contributed by atoms with Gasteiger partial charge < -0.3 is 14.7 Å². The molecule has 0 saturated carbocycles. The molecule has 1 saturated heterocycles. The molecule has 21 heavy (non-hydrogen) atoms. The number of amides is 1. The third kappa shape index (κ3) is 3.91. The van der Waals surface area contributed by atoms with Crippen LogP contribution < -0.4 is 4.74 Å². The number of aliphatic carboxylic acids is 1. The van der Waals surface area contributed by atoms with Crippen LogP contribution in [-0.4, -0.2) is 71.6 Å². The minimum atomic E-state index is -0.842. The monoisotopic (exact) mass is 293 g/mol. The van der Waals surface area contributed by atoms with Crippen LogP contribution in [0.4, 0.5) is 0 Å². The van der Waals surface area contributed by atoms with E-state index in [1.54, 1.807) is 17.2 Å². The summed E-state index contributed by atoms with van der Waals surface area (Å²) in [7, 11) is 1.50. The van der Waals surface area contributed by atoms with Gasteiger partial charge in [0.25, 0.3) is 5.91 Å². The van der Waals surface area contributed by atoms with Crippen molar-refractivity contribution in [3.05, 3.63) is 24.0 Å². The van der Waals surface area contributed by atoms with E-state index in [2.05, 4.69) is 4.98 Å². The number of nitrogens with zero attached hydrogens (tertiary/aromatic N) is 3. The van der Waals surface area contributed by atoms with Crippen molar-refractivity contribution in [2.45, 2.75) is 6.42 Å². The smallest absolute Gasteiger partial charge is 0.317 e. The van der Waals surface area contributed by atoms with Gasteiger partial charge in [-0.2, -0.15) is 0 Å². The maximum absolute atomic E-state index is 12.5. The van der Waals surface area contributed by atoms with Crippen molar-refractivity contribution in [1.29, 1.82) is 0 Å². The van der Waals surface area contributed by atoms with Gasteiger partial charge in [-0.15, -0.1) is 0 Å². The molecular weight excluding hydrogens is 274 g/mol. The number of pyridine rings is 1. The van der Waals surface area contributed by atoms with Crippen LogP contribution in [-0.2, 0) is 4.79 Å². The van der Waals surface area contributed by atoms with E-state index >= 15 is 0 Å². The molecule has 7 heteroatoms. The predicted octanol–water partition coefficient (Wildman–Crippen LogP) is 0.323. The van der Waals surface area contributed by atoms with Crippen LogP contribution in [0.25, 0.3) is 0 Å². The summed E-state index contributed by atoms with van der Waals surface area (Å²) in [5.41, 5.74) is 0.485. The Bertz CT molecular complexity index is 521. The lowest BCUT2D eigenvalue weighted by Gasteiger charge is -2.22. The van der Waals surface area contributed by atoms with Gasteiger partial charge in [0.2, 0.25) is 0 Å². The number of hydrogen-bond donors (Lipinski definition) is 1. The summed E-state index contributed by atoms with van der Waals surface area (Å²) < 4.78 is 5.16. The van der Waals surface area contributed by atoms with E-state index in [9.17, 15) is 9.59 Å². The molecule has 2 heterocycles. The molecule has 1 aliphatic heterocycles. The molecule has 1 aromatic heterocycles. The van der Waals surface area contributed by atoms with Gasteiger partial charge in [-0.1, -0.05) is 0 Å². The van der Waals surface area contributed by atoms with E-state index in [4.69, 9.17) is 9.84 Å². The van der Waals surface area contributed by atoms with Gasteiger partial charge in [0.05, 0.1) is 25.4 Å². The van der Waals surface area contributed by atoms with E-state index in [0.29, 0.717) is 37.5 Å². The highest BCUT2D eigenvalue weighted by Crippen LogP contribution is 2.18. The van der Waals surface area contributed by atoms with Crippen molar-refractivity contribution in [2.24, 2.45) is 0 Å². The first-order valence-corrected chi connectivity index (χ1v) is 6.83. The fourth-order valence-electron chi connectivity index (χ4n) is 2.41. The van der Waals surface area contributed by atoms with E-state index in [-0.39, 0.29) is 12.5 Å². The van der Waals surface area contributed by atoms with Crippen molar-refractivity contribution in [1.82, 2.24) is 14.8 Å². The van der Waals surface area contributed by atoms with E-state index in [0.717, 1.165) is 6.42 Å². The lowest BCUT2D eigenvalue weighted by molar-refractivity contribution is -0.138. The molecule has 1 amide bonds. The fraction of sp³-hybridized carbons (Fsp3) is 0.500. The van der Waals surface area contributed by atoms with E-state index in [1.807, 2.05) is 4.90 Å². The lowest BCUT2D eigenvalue weighted by Crippen LogP contribution is -2.36. The molecule has 0 bridgehead atoms. The lowest BCUT2D eigenvalue weighted by atomic mass is 10.2. The van der Waals surface area contributed by atoms with Gasteiger partial charge in [-0.3, -0.25) is 19.5 Å². The average molecular weight is 293 g/mol. The Hall–Kier alpha value is -2.15. The second-order valence-corrected chi connectivity index (χ2v) is 4.89. The summed E-state index contributed by atoms with van der Waals surface area (Å²) in [6, 6.07) is 1.64. The molecule has 0 unspecified atom stereocenters. The summed E-state index contributed by atoms with van der Waals surface area (Å²) in [6.07, 6.45) is 3.83. The number of rotatable bonds is 4. The molecule has 0 aliphatic carbocycles. The van der Waals surface area contributed by atoms with Crippen LogP contribution in [0, 0.1) is 0 Å². The quantitative estimate of drug-likeness (QED) is 0.861. The van der Waals surface area contributed by atoms with Crippen molar-refractivity contribution in [3.8, 4) is 5.75 Å². The van der Waals surface area contributed by atoms with Crippen molar-refractivity contribution < 1.29 is 19.4 Å². The normalized spacial score (nSPS) is 16.3. The minimum Gasteiger partial charge on any atom is -0.494 e. The topological polar surface area (TPSA) is 83.0 Å². The molecule has 0 atom stereocenters. The summed E-state index contributed by atoms with van der Waals surface area (Å²) in [6.45, 7) is 2.38. The standard InChI is InChI=1S/C14H19N3O4/c1-21-12-9-15-4-3-11(12)14(20)17-6-2-5-16(7-8-17)10-13(18)19/h3-4,9H,2,5-8,10H2,1H3,(H,18,19). The Morgan fingerprint density at radius 1 is 1.33 bits per heavy atom. The molecular formula is C14H19N3O4. The molecule has 1 N–H and O–H groups in total. The van der Waals surface area contributed by atoms with E-state index < -0.39 is 5.97 Å². The molecule has 114 valence electrons. The number of carbonyl (C=O) groups is 2. The first-order chi connectivity index (χ1) is 10.1. The second kappa shape index (κ2) is 7.03. The highest BCUT2D eigenvalue weighted by atomic mass is 16.5. The fourth-order valence-corrected chi connectivity index (χ4v) is 2.41. The highest BCUT2D eigenvalue weighted by Gasteiger charge is 2.23. The molecule has 2 rings (SSSR count). The highest BCUT2D eigenvalue weighted by molar-refractivity contribution is 5.96. The van der Waals surface area contributed by atoms with Crippen molar-refractivity contribution >= 4 is 11.9 Å². The van der Waals surface area contributed by atoms with Crippen LogP contribution in [0.3, 0.4) is 0 Å². The molecule has 0 aromatic carbocycles. The Morgan fingerprint density at radius 2 is 2.14 bits per heavy atom. The Morgan fingerprint density at radius 3 is 2.86 bits per heavy atom. The van der Waals surface area contributed by atoms with Gasteiger partial charge in [0.15, 0.2) is 0 Å². The van der Waals surface area contributed by atoms with Crippen LogP contribution in [0.15, 0.2) is 18.5 Å². The number of methoxy groups -OCH3 is 1. The third-order valence-corrected chi connectivity index (χ3v) is 3.47. The third-order valence-electron chi connectivity index (χ3n) is 3.47. The zero-order valence-electron chi connectivity index (χ0n) is 12.0. The summed E-state index contributed by atoms with van der Waals surface area (Å²) in [5.74, 6) is -0.494. The number of ether oxygens (including phenoxy) is 1. The first kappa shape index (κ1) is 15.2. The van der Waals surface area contributed by atoms with Crippen LogP contribution in [0.1, 0.15) is 16.8 Å². The first-order valence-electron chi connectivity index (χ1n) is 6.83. The zero-order valence-corrected chi connectivity index (χ0v) is 12.0. The molecule has 1 aromatic rings. The van der Waals surface area contributed by atoms with Crippen molar-refractivity contribution in [3.63, 3.8) is 0 Å². The number of carboxylic acid groups (broad SMARTS) is 1. The molecule has 1 fully saturated rings. The molecule has 0 spiro atoms. The Labute approximate surface area is 123 Å². The SMILES string of the molecule is COc1cnccc1C(=O)N1CCCN(CC(=O)O)CC1. The van der Waals surface area contributed by atoms with Crippen LogP contribution in [0.2, 0.25) is 0 Å². The van der Waals surface area contributed by atoms with Crippen LogP contribution >= 0.6 is 0 Å². The largest absolute Gasteiger partial charge is 0.494 e. The summed E-state index contributed by atoms with van der Waals surface area (Å²) >= 11 is 0. The number of aromatic nitrogens is 1. The second-order valence-electron chi connectivity index (χ2n) is 4.89.